The van der Waals surface area contributed by atoms with Crippen LogP contribution in [0, 0.1) is 13.8 Å². The Kier molecular flexibility index (Phi) is 6.24. The summed E-state index contributed by atoms with van der Waals surface area (Å²) in [4.78, 5) is 23.7. The zero-order valence-electron chi connectivity index (χ0n) is 16.6. The lowest BCUT2D eigenvalue weighted by Gasteiger charge is -2.04. The Balaban J connectivity index is 1.61. The maximum Gasteiger partial charge on any atom is 0.337 e. The molecule has 0 unspecified atom stereocenters. The summed E-state index contributed by atoms with van der Waals surface area (Å²) in [5.41, 5.74) is 6.97. The van der Waals surface area contributed by atoms with Gasteiger partial charge < -0.3 is 9.15 Å². The van der Waals surface area contributed by atoms with E-state index in [1.807, 2.05) is 38.1 Å². The summed E-state index contributed by atoms with van der Waals surface area (Å²) in [7, 11) is 1.34. The van der Waals surface area contributed by atoms with E-state index in [2.05, 4.69) is 10.5 Å². The molecule has 0 saturated carbocycles. The average Bonchev–Trinajstić information content (AvgIpc) is 3.19. The molecule has 1 heterocycles. The Morgan fingerprint density at radius 2 is 1.90 bits per heavy atom. The van der Waals surface area contributed by atoms with Gasteiger partial charge >= 0.3 is 5.97 Å². The van der Waals surface area contributed by atoms with Crippen LogP contribution in [0.5, 0.6) is 0 Å². The molecule has 0 bridgehead atoms. The molecule has 148 valence electrons. The topological polar surface area (TPSA) is 80.9 Å². The standard InChI is InChI=1S/C23H22N2O4/c1-15-7-8-17(11-16(15)2)12-22(26)25-24-14-20-9-10-21(29-20)18-5-4-6-19(13-18)23(27)28-3/h4-11,13-14H,12H2,1-3H3,(H,25,26)/b24-14-. The zero-order valence-corrected chi connectivity index (χ0v) is 16.6. The van der Waals surface area contributed by atoms with E-state index in [0.29, 0.717) is 17.1 Å². The molecule has 0 aliphatic carbocycles. The van der Waals surface area contributed by atoms with Gasteiger partial charge in [0, 0.05) is 5.56 Å². The van der Waals surface area contributed by atoms with Gasteiger partial charge in [-0.25, -0.2) is 10.2 Å². The van der Waals surface area contributed by atoms with Crippen LogP contribution < -0.4 is 5.43 Å². The van der Waals surface area contributed by atoms with Gasteiger partial charge in [-0.3, -0.25) is 4.79 Å². The van der Waals surface area contributed by atoms with Gasteiger partial charge in [0.15, 0.2) is 0 Å². The molecule has 0 radical (unpaired) electrons. The van der Waals surface area contributed by atoms with Gasteiger partial charge in [0.05, 0.1) is 25.3 Å². The van der Waals surface area contributed by atoms with Crippen molar-refractivity contribution >= 4 is 18.1 Å². The van der Waals surface area contributed by atoms with Gasteiger partial charge in [0.2, 0.25) is 5.91 Å². The number of esters is 1. The second-order valence-corrected chi connectivity index (χ2v) is 6.66. The highest BCUT2D eigenvalue weighted by Gasteiger charge is 2.09. The van der Waals surface area contributed by atoms with Crippen LogP contribution >= 0.6 is 0 Å². The van der Waals surface area contributed by atoms with Crippen LogP contribution in [-0.2, 0) is 16.0 Å². The van der Waals surface area contributed by atoms with Crippen LogP contribution in [0.2, 0.25) is 0 Å². The quantitative estimate of drug-likeness (QED) is 0.391. The number of rotatable bonds is 6. The maximum absolute atomic E-state index is 12.1. The number of hydrogen-bond donors (Lipinski definition) is 1. The molecule has 0 aliphatic rings. The summed E-state index contributed by atoms with van der Waals surface area (Å²) in [5, 5.41) is 3.95. The monoisotopic (exact) mass is 390 g/mol. The summed E-state index contributed by atoms with van der Waals surface area (Å²) in [6.07, 6.45) is 1.69. The minimum atomic E-state index is -0.410. The summed E-state index contributed by atoms with van der Waals surface area (Å²) in [6.45, 7) is 4.05. The van der Waals surface area contributed by atoms with Crippen LogP contribution in [0.1, 0.15) is 32.8 Å². The van der Waals surface area contributed by atoms with Crippen molar-refractivity contribution in [1.82, 2.24) is 5.43 Å². The molecular weight excluding hydrogens is 368 g/mol. The Hall–Kier alpha value is -3.67. The molecular formula is C23H22N2O4. The fourth-order valence-corrected chi connectivity index (χ4v) is 2.80. The first kappa shape index (κ1) is 20.1. The van der Waals surface area contributed by atoms with Crippen molar-refractivity contribution in [2.75, 3.05) is 7.11 Å². The molecule has 6 nitrogen and oxygen atoms in total. The summed E-state index contributed by atoms with van der Waals surface area (Å²) < 4.78 is 10.4. The molecule has 0 saturated heterocycles. The molecule has 0 fully saturated rings. The number of aryl methyl sites for hydroxylation is 2. The van der Waals surface area contributed by atoms with Crippen LogP contribution in [-0.4, -0.2) is 25.2 Å². The number of amides is 1. The number of furan rings is 1. The molecule has 3 aromatic rings. The molecule has 0 aliphatic heterocycles. The first-order valence-electron chi connectivity index (χ1n) is 9.13. The SMILES string of the molecule is COC(=O)c1cccc(-c2ccc(/C=N\NC(=O)Cc3ccc(C)c(C)c3)o2)c1. The van der Waals surface area contributed by atoms with Crippen LogP contribution in [0.25, 0.3) is 11.3 Å². The number of benzene rings is 2. The van der Waals surface area contributed by atoms with Crippen LogP contribution in [0.3, 0.4) is 0 Å². The lowest BCUT2D eigenvalue weighted by Crippen LogP contribution is -2.19. The molecule has 0 atom stereocenters. The third-order valence-electron chi connectivity index (χ3n) is 4.51. The summed E-state index contributed by atoms with van der Waals surface area (Å²) in [5.74, 6) is 0.447. The van der Waals surface area contributed by atoms with Gasteiger partial charge in [0.25, 0.3) is 0 Å². The van der Waals surface area contributed by atoms with Gasteiger partial charge in [-0.1, -0.05) is 30.3 Å². The van der Waals surface area contributed by atoms with Crippen LogP contribution in [0.4, 0.5) is 0 Å². The Labute approximate surface area is 169 Å². The molecule has 0 spiro atoms. The van der Waals surface area contributed by atoms with E-state index in [9.17, 15) is 9.59 Å². The predicted octanol–water partition coefficient (Wildman–Crippen LogP) is 4.04. The van der Waals surface area contributed by atoms with E-state index in [-0.39, 0.29) is 12.3 Å². The third-order valence-corrected chi connectivity index (χ3v) is 4.51. The molecule has 29 heavy (non-hydrogen) atoms. The van der Waals surface area contributed by atoms with Crippen molar-refractivity contribution in [3.05, 3.63) is 82.6 Å². The van der Waals surface area contributed by atoms with Gasteiger partial charge in [-0.2, -0.15) is 5.10 Å². The number of hydrazone groups is 1. The molecule has 2 aromatic carbocycles. The van der Waals surface area contributed by atoms with Gasteiger partial charge in [-0.15, -0.1) is 0 Å². The Bertz CT molecular complexity index is 1070. The summed E-state index contributed by atoms with van der Waals surface area (Å²) in [6, 6.07) is 16.4. The normalized spacial score (nSPS) is 10.9. The second kappa shape index (κ2) is 9.01. The predicted molar refractivity (Wildman–Crippen MR) is 111 cm³/mol. The molecule has 3 rings (SSSR count). The maximum atomic E-state index is 12.1. The molecule has 1 amide bonds. The van der Waals surface area contributed by atoms with E-state index in [1.54, 1.807) is 30.3 Å². The number of carbonyl (C=O) groups is 2. The van der Waals surface area contributed by atoms with E-state index < -0.39 is 5.97 Å². The first-order valence-corrected chi connectivity index (χ1v) is 9.13. The van der Waals surface area contributed by atoms with Crippen molar-refractivity contribution in [1.29, 1.82) is 0 Å². The highest BCUT2D eigenvalue weighted by Crippen LogP contribution is 2.23. The zero-order chi connectivity index (χ0) is 20.8. The van der Waals surface area contributed by atoms with E-state index in [4.69, 9.17) is 9.15 Å². The minimum absolute atomic E-state index is 0.206. The lowest BCUT2D eigenvalue weighted by atomic mass is 10.0. The number of ether oxygens (including phenoxy) is 1. The Morgan fingerprint density at radius 1 is 1.07 bits per heavy atom. The fraction of sp³-hybridized carbons (Fsp3) is 0.174. The molecule has 1 N–H and O–H groups in total. The molecule has 6 heteroatoms. The van der Waals surface area contributed by atoms with Crippen molar-refractivity contribution in [2.24, 2.45) is 5.10 Å². The smallest absolute Gasteiger partial charge is 0.337 e. The lowest BCUT2D eigenvalue weighted by molar-refractivity contribution is -0.120. The van der Waals surface area contributed by atoms with Gasteiger partial charge in [-0.05, 0) is 54.8 Å². The highest BCUT2D eigenvalue weighted by atomic mass is 16.5. The van der Waals surface area contributed by atoms with Gasteiger partial charge in [0.1, 0.15) is 11.5 Å². The summed E-state index contributed by atoms with van der Waals surface area (Å²) >= 11 is 0. The van der Waals surface area contributed by atoms with Crippen molar-refractivity contribution in [3.8, 4) is 11.3 Å². The highest BCUT2D eigenvalue weighted by molar-refractivity contribution is 5.90. The number of methoxy groups -OCH3 is 1. The van der Waals surface area contributed by atoms with Crippen molar-refractivity contribution in [2.45, 2.75) is 20.3 Å². The van der Waals surface area contributed by atoms with Crippen LogP contribution in [0.15, 0.2) is 64.1 Å². The number of nitrogens with one attached hydrogen (secondary N) is 1. The average molecular weight is 390 g/mol. The first-order chi connectivity index (χ1) is 14.0. The fourth-order valence-electron chi connectivity index (χ4n) is 2.80. The number of carbonyl (C=O) groups excluding carboxylic acids is 2. The number of hydrogen-bond acceptors (Lipinski definition) is 5. The Morgan fingerprint density at radius 3 is 2.66 bits per heavy atom. The minimum Gasteiger partial charge on any atom is -0.465 e. The molecule has 1 aromatic heterocycles. The van der Waals surface area contributed by atoms with Crippen molar-refractivity contribution < 1.29 is 18.7 Å². The largest absolute Gasteiger partial charge is 0.465 e. The van der Waals surface area contributed by atoms with E-state index >= 15 is 0 Å². The van der Waals surface area contributed by atoms with E-state index in [0.717, 1.165) is 16.7 Å². The van der Waals surface area contributed by atoms with E-state index in [1.165, 1.54) is 18.9 Å². The number of nitrogens with zero attached hydrogens (tertiary/aromatic N) is 1. The van der Waals surface area contributed by atoms with Crippen molar-refractivity contribution in [3.63, 3.8) is 0 Å². The second-order valence-electron chi connectivity index (χ2n) is 6.66. The third kappa shape index (κ3) is 5.19.